The molecule has 3 N–H and O–H groups in total. The molecular weight excluding hydrogens is 284 g/mol. The Morgan fingerprint density at radius 2 is 2.29 bits per heavy atom. The Labute approximate surface area is 110 Å². The van der Waals surface area contributed by atoms with Gasteiger partial charge in [-0.15, -0.1) is 0 Å². The fourth-order valence-corrected chi connectivity index (χ4v) is 1.84. The average molecular weight is 301 g/mol. The van der Waals surface area contributed by atoms with Crippen molar-refractivity contribution < 1.29 is 9.53 Å². The molecule has 0 fully saturated rings. The topological polar surface area (TPSA) is 64.3 Å². The number of hydrogen-bond acceptors (Lipinski definition) is 4. The van der Waals surface area contributed by atoms with E-state index in [2.05, 4.69) is 21.2 Å². The summed E-state index contributed by atoms with van der Waals surface area (Å²) >= 11 is 3.42. The molecule has 0 aromatic heterocycles. The van der Waals surface area contributed by atoms with Crippen molar-refractivity contribution in [2.75, 3.05) is 25.0 Å². The Hall–Kier alpha value is -1.07. The lowest BCUT2D eigenvalue weighted by Gasteiger charge is -2.09. The summed E-state index contributed by atoms with van der Waals surface area (Å²) in [6.07, 6.45) is 0.909. The van der Waals surface area contributed by atoms with Gasteiger partial charge in [0.05, 0.1) is 12.2 Å². The highest BCUT2D eigenvalue weighted by Crippen LogP contribution is 2.23. The van der Waals surface area contributed by atoms with Crippen LogP contribution in [0.1, 0.15) is 23.7 Å². The zero-order valence-electron chi connectivity index (χ0n) is 9.83. The number of anilines is 1. The van der Waals surface area contributed by atoms with Crippen molar-refractivity contribution in [2.45, 2.75) is 13.3 Å². The van der Waals surface area contributed by atoms with Gasteiger partial charge in [-0.05, 0) is 54.0 Å². The molecular formula is C12H17BrN2O2. The minimum absolute atomic E-state index is 0.304. The van der Waals surface area contributed by atoms with Crippen LogP contribution in [-0.2, 0) is 4.74 Å². The van der Waals surface area contributed by atoms with Crippen molar-refractivity contribution in [3.05, 3.63) is 28.2 Å². The Balaban J connectivity index is 2.68. The maximum atomic E-state index is 11.5. The SMILES string of the molecule is CCOC(=O)c1ccc(NCCCN)c(Br)c1. The van der Waals surface area contributed by atoms with Crippen LogP contribution >= 0.6 is 15.9 Å². The van der Waals surface area contributed by atoms with E-state index < -0.39 is 0 Å². The Bertz CT molecular complexity index is 383. The van der Waals surface area contributed by atoms with Gasteiger partial charge in [0.15, 0.2) is 0 Å². The van der Waals surface area contributed by atoms with Gasteiger partial charge in [-0.1, -0.05) is 0 Å². The lowest BCUT2D eigenvalue weighted by Crippen LogP contribution is -2.09. The zero-order valence-corrected chi connectivity index (χ0v) is 11.4. The molecule has 0 atom stereocenters. The molecule has 1 aromatic rings. The highest BCUT2D eigenvalue weighted by Gasteiger charge is 2.08. The third-order valence-electron chi connectivity index (χ3n) is 2.18. The third kappa shape index (κ3) is 4.36. The minimum atomic E-state index is -0.304. The molecule has 4 nitrogen and oxygen atoms in total. The number of nitrogens with two attached hydrogens (primary N) is 1. The summed E-state index contributed by atoms with van der Waals surface area (Å²) in [4.78, 5) is 11.5. The monoisotopic (exact) mass is 300 g/mol. The second kappa shape index (κ2) is 7.29. The van der Waals surface area contributed by atoms with Crippen LogP contribution < -0.4 is 11.1 Å². The largest absolute Gasteiger partial charge is 0.462 e. The van der Waals surface area contributed by atoms with Crippen molar-refractivity contribution >= 4 is 27.6 Å². The lowest BCUT2D eigenvalue weighted by atomic mass is 10.2. The summed E-state index contributed by atoms with van der Waals surface area (Å²) < 4.78 is 5.77. The first-order valence-corrected chi connectivity index (χ1v) is 6.39. The molecule has 17 heavy (non-hydrogen) atoms. The first-order valence-electron chi connectivity index (χ1n) is 5.59. The van der Waals surface area contributed by atoms with E-state index in [0.717, 1.165) is 23.1 Å². The van der Waals surface area contributed by atoms with Crippen molar-refractivity contribution in [1.82, 2.24) is 0 Å². The number of nitrogens with one attached hydrogen (secondary N) is 1. The summed E-state index contributed by atoms with van der Waals surface area (Å²) in [7, 11) is 0. The molecule has 0 saturated heterocycles. The molecule has 0 amide bonds. The first kappa shape index (κ1) is 14.0. The number of hydrogen-bond donors (Lipinski definition) is 2. The van der Waals surface area contributed by atoms with E-state index in [1.165, 1.54) is 0 Å². The fourth-order valence-electron chi connectivity index (χ4n) is 1.32. The van der Waals surface area contributed by atoms with Gasteiger partial charge < -0.3 is 15.8 Å². The summed E-state index contributed by atoms with van der Waals surface area (Å²) in [6.45, 7) is 3.64. The summed E-state index contributed by atoms with van der Waals surface area (Å²) in [6, 6.07) is 5.35. The van der Waals surface area contributed by atoms with Crippen molar-refractivity contribution in [2.24, 2.45) is 5.73 Å². The number of rotatable bonds is 6. The maximum Gasteiger partial charge on any atom is 0.338 e. The number of carbonyl (C=O) groups excluding carboxylic acids is 1. The van der Waals surface area contributed by atoms with Crippen LogP contribution in [0.4, 0.5) is 5.69 Å². The zero-order chi connectivity index (χ0) is 12.7. The van der Waals surface area contributed by atoms with Crippen molar-refractivity contribution in [3.8, 4) is 0 Å². The van der Waals surface area contributed by atoms with Crippen LogP contribution in [0, 0.1) is 0 Å². The van der Waals surface area contributed by atoms with E-state index in [0.29, 0.717) is 18.7 Å². The van der Waals surface area contributed by atoms with Gasteiger partial charge in [0.25, 0.3) is 0 Å². The molecule has 94 valence electrons. The predicted molar refractivity (Wildman–Crippen MR) is 72.3 cm³/mol. The number of benzene rings is 1. The predicted octanol–water partition coefficient (Wildman–Crippen LogP) is 2.39. The molecule has 0 heterocycles. The number of esters is 1. The fraction of sp³-hybridized carbons (Fsp3) is 0.417. The number of carbonyl (C=O) groups is 1. The normalized spacial score (nSPS) is 10.1. The Morgan fingerprint density at radius 1 is 1.53 bits per heavy atom. The van der Waals surface area contributed by atoms with Gasteiger partial charge in [0.2, 0.25) is 0 Å². The first-order chi connectivity index (χ1) is 8.19. The Kier molecular flexibility index (Phi) is 6.00. The number of halogens is 1. The van der Waals surface area contributed by atoms with E-state index in [4.69, 9.17) is 10.5 Å². The molecule has 5 heteroatoms. The van der Waals surface area contributed by atoms with Gasteiger partial charge in [0.1, 0.15) is 0 Å². The van der Waals surface area contributed by atoms with Crippen molar-refractivity contribution in [1.29, 1.82) is 0 Å². The summed E-state index contributed by atoms with van der Waals surface area (Å²) in [5.41, 5.74) is 6.91. The molecule has 1 aromatic carbocycles. The maximum absolute atomic E-state index is 11.5. The quantitative estimate of drug-likeness (QED) is 0.625. The standard InChI is InChI=1S/C12H17BrN2O2/c1-2-17-12(16)9-4-5-11(10(13)8-9)15-7-3-6-14/h4-5,8,15H,2-3,6-7,14H2,1H3. The highest BCUT2D eigenvalue weighted by molar-refractivity contribution is 9.10. The number of ether oxygens (including phenoxy) is 1. The van der Waals surface area contributed by atoms with Crippen LogP contribution in [0.5, 0.6) is 0 Å². The van der Waals surface area contributed by atoms with Crippen LogP contribution in [0.2, 0.25) is 0 Å². The summed E-state index contributed by atoms with van der Waals surface area (Å²) in [5.74, 6) is -0.304. The molecule has 0 aliphatic carbocycles. The van der Waals surface area contributed by atoms with E-state index >= 15 is 0 Å². The van der Waals surface area contributed by atoms with Crippen molar-refractivity contribution in [3.63, 3.8) is 0 Å². The van der Waals surface area contributed by atoms with Crippen LogP contribution in [-0.4, -0.2) is 25.7 Å². The molecule has 1 rings (SSSR count). The minimum Gasteiger partial charge on any atom is -0.462 e. The van der Waals surface area contributed by atoms with Crippen LogP contribution in [0.25, 0.3) is 0 Å². The summed E-state index contributed by atoms with van der Waals surface area (Å²) in [5, 5.41) is 3.23. The van der Waals surface area contributed by atoms with E-state index in [1.54, 1.807) is 19.1 Å². The van der Waals surface area contributed by atoms with E-state index in [-0.39, 0.29) is 5.97 Å². The third-order valence-corrected chi connectivity index (χ3v) is 2.83. The smallest absolute Gasteiger partial charge is 0.338 e. The van der Waals surface area contributed by atoms with Gasteiger partial charge in [-0.3, -0.25) is 0 Å². The molecule has 0 aliphatic heterocycles. The molecule has 0 aliphatic rings. The molecule has 0 spiro atoms. The van der Waals surface area contributed by atoms with Gasteiger partial charge in [0, 0.05) is 16.7 Å². The lowest BCUT2D eigenvalue weighted by molar-refractivity contribution is 0.0526. The van der Waals surface area contributed by atoms with Crippen LogP contribution in [0.3, 0.4) is 0 Å². The second-order valence-electron chi connectivity index (χ2n) is 3.48. The van der Waals surface area contributed by atoms with Gasteiger partial charge in [-0.2, -0.15) is 0 Å². The van der Waals surface area contributed by atoms with Gasteiger partial charge in [-0.25, -0.2) is 4.79 Å². The average Bonchev–Trinajstić information content (AvgIpc) is 2.31. The highest BCUT2D eigenvalue weighted by atomic mass is 79.9. The molecule has 0 bridgehead atoms. The molecule has 0 unspecified atom stereocenters. The molecule has 0 saturated carbocycles. The Morgan fingerprint density at radius 3 is 2.88 bits per heavy atom. The van der Waals surface area contributed by atoms with E-state index in [1.807, 2.05) is 6.07 Å². The second-order valence-corrected chi connectivity index (χ2v) is 4.34. The van der Waals surface area contributed by atoms with Crippen LogP contribution in [0.15, 0.2) is 22.7 Å². The van der Waals surface area contributed by atoms with E-state index in [9.17, 15) is 4.79 Å². The van der Waals surface area contributed by atoms with Gasteiger partial charge >= 0.3 is 5.97 Å². The molecule has 0 radical (unpaired) electrons.